The standard InChI is InChI=1S/C26H32N4O4S/c1-18(2)20-10-12-23(13-11-20)35(33,34)29-16-14-21(15-17-29)25(31)27-24-19(3)28(4)30(26(24)32)22-8-6-5-7-9-22/h5-13,18,21H,14-17H2,1-4H3,(H,27,31). The third-order valence-electron chi connectivity index (χ3n) is 6.81. The van der Waals surface area contributed by atoms with Gasteiger partial charge in [-0.2, -0.15) is 4.31 Å². The Balaban J connectivity index is 1.44. The smallest absolute Gasteiger partial charge is 0.295 e. The lowest BCUT2D eigenvalue weighted by Crippen LogP contribution is -2.41. The van der Waals surface area contributed by atoms with Crippen LogP contribution in [0.25, 0.3) is 5.69 Å². The van der Waals surface area contributed by atoms with E-state index in [0.29, 0.717) is 30.1 Å². The van der Waals surface area contributed by atoms with Crippen molar-refractivity contribution in [1.29, 1.82) is 0 Å². The van der Waals surface area contributed by atoms with Gasteiger partial charge in [0, 0.05) is 26.1 Å². The maximum atomic E-state index is 13.1. The number of nitrogens with one attached hydrogen (secondary N) is 1. The van der Waals surface area contributed by atoms with Crippen LogP contribution in [0.1, 0.15) is 43.9 Å². The van der Waals surface area contributed by atoms with Gasteiger partial charge in [0.25, 0.3) is 5.56 Å². The van der Waals surface area contributed by atoms with Crippen molar-refractivity contribution in [3.05, 3.63) is 76.2 Å². The molecule has 0 radical (unpaired) electrons. The molecule has 0 unspecified atom stereocenters. The molecular weight excluding hydrogens is 464 g/mol. The molecule has 35 heavy (non-hydrogen) atoms. The Hall–Kier alpha value is -3.17. The fraction of sp³-hybridized carbons (Fsp3) is 0.385. The summed E-state index contributed by atoms with van der Waals surface area (Å²) in [5.41, 5.74) is 2.40. The van der Waals surface area contributed by atoms with Crippen LogP contribution in [0.15, 0.2) is 64.3 Å². The molecule has 2 heterocycles. The van der Waals surface area contributed by atoms with Crippen molar-refractivity contribution < 1.29 is 13.2 Å². The molecule has 1 amide bonds. The van der Waals surface area contributed by atoms with Crippen LogP contribution in [0.4, 0.5) is 5.69 Å². The molecule has 186 valence electrons. The fourth-order valence-corrected chi connectivity index (χ4v) is 5.94. The highest BCUT2D eigenvalue weighted by Crippen LogP contribution is 2.26. The zero-order valence-electron chi connectivity index (χ0n) is 20.6. The van der Waals surface area contributed by atoms with Gasteiger partial charge in [-0.05, 0) is 55.5 Å². The van der Waals surface area contributed by atoms with Crippen molar-refractivity contribution in [3.8, 4) is 5.69 Å². The van der Waals surface area contributed by atoms with E-state index in [-0.39, 0.29) is 41.1 Å². The molecule has 1 saturated heterocycles. The number of para-hydroxylation sites is 1. The summed E-state index contributed by atoms with van der Waals surface area (Å²) in [6, 6.07) is 16.2. The fourth-order valence-electron chi connectivity index (χ4n) is 4.47. The van der Waals surface area contributed by atoms with Crippen molar-refractivity contribution >= 4 is 21.6 Å². The molecule has 1 aliphatic rings. The number of aromatic nitrogens is 2. The molecule has 0 atom stereocenters. The van der Waals surface area contributed by atoms with Crippen molar-refractivity contribution in [1.82, 2.24) is 13.7 Å². The molecule has 1 aliphatic heterocycles. The number of amides is 1. The summed E-state index contributed by atoms with van der Waals surface area (Å²) in [4.78, 5) is 26.4. The lowest BCUT2D eigenvalue weighted by atomic mass is 9.97. The largest absolute Gasteiger partial charge is 0.320 e. The van der Waals surface area contributed by atoms with E-state index in [1.54, 1.807) is 30.8 Å². The van der Waals surface area contributed by atoms with E-state index in [2.05, 4.69) is 19.2 Å². The predicted molar refractivity (Wildman–Crippen MR) is 136 cm³/mol. The second-order valence-corrected chi connectivity index (χ2v) is 11.3. The monoisotopic (exact) mass is 496 g/mol. The van der Waals surface area contributed by atoms with Crippen molar-refractivity contribution in [2.45, 2.75) is 44.4 Å². The molecule has 2 aromatic carbocycles. The van der Waals surface area contributed by atoms with E-state index in [4.69, 9.17) is 0 Å². The zero-order chi connectivity index (χ0) is 25.3. The second-order valence-electron chi connectivity index (χ2n) is 9.33. The molecule has 9 heteroatoms. The number of carbonyl (C=O) groups is 1. The van der Waals surface area contributed by atoms with E-state index in [1.807, 2.05) is 42.5 Å². The Morgan fingerprint density at radius 3 is 2.17 bits per heavy atom. The number of hydrogen-bond acceptors (Lipinski definition) is 4. The Kier molecular flexibility index (Phi) is 7.00. The van der Waals surface area contributed by atoms with Gasteiger partial charge in [-0.3, -0.25) is 14.3 Å². The lowest BCUT2D eigenvalue weighted by molar-refractivity contribution is -0.120. The van der Waals surface area contributed by atoms with Gasteiger partial charge in [-0.1, -0.05) is 44.2 Å². The van der Waals surface area contributed by atoms with Crippen LogP contribution in [0.2, 0.25) is 0 Å². The molecule has 1 fully saturated rings. The number of sulfonamides is 1. The number of nitrogens with zero attached hydrogens (tertiary/aromatic N) is 3. The van der Waals surface area contributed by atoms with Gasteiger partial charge < -0.3 is 5.32 Å². The van der Waals surface area contributed by atoms with Crippen LogP contribution >= 0.6 is 0 Å². The Bertz CT molecular complexity index is 1370. The molecular formula is C26H32N4O4S. The van der Waals surface area contributed by atoms with Crippen LogP contribution in [0.3, 0.4) is 0 Å². The summed E-state index contributed by atoms with van der Waals surface area (Å²) in [5.74, 6) is -0.297. The van der Waals surface area contributed by atoms with Gasteiger partial charge in [0.15, 0.2) is 0 Å². The minimum atomic E-state index is -3.61. The van der Waals surface area contributed by atoms with Crippen LogP contribution < -0.4 is 10.9 Å². The second kappa shape index (κ2) is 9.83. The number of carbonyl (C=O) groups excluding carboxylic acids is 1. The third-order valence-corrected chi connectivity index (χ3v) is 8.72. The van der Waals surface area contributed by atoms with E-state index < -0.39 is 10.0 Å². The van der Waals surface area contributed by atoms with Crippen molar-refractivity contribution in [2.24, 2.45) is 13.0 Å². The Morgan fingerprint density at radius 1 is 1.00 bits per heavy atom. The van der Waals surface area contributed by atoms with Gasteiger partial charge in [0.2, 0.25) is 15.9 Å². The van der Waals surface area contributed by atoms with E-state index >= 15 is 0 Å². The number of piperidine rings is 1. The number of benzene rings is 2. The molecule has 0 spiro atoms. The summed E-state index contributed by atoms with van der Waals surface area (Å²) in [5, 5.41) is 2.82. The number of rotatable bonds is 6. The molecule has 3 aromatic rings. The van der Waals surface area contributed by atoms with Crippen molar-refractivity contribution in [3.63, 3.8) is 0 Å². The first-order valence-electron chi connectivity index (χ1n) is 11.9. The summed E-state index contributed by atoms with van der Waals surface area (Å²) in [7, 11) is -1.84. The van der Waals surface area contributed by atoms with Gasteiger partial charge >= 0.3 is 0 Å². The minimum absolute atomic E-state index is 0.252. The first-order valence-corrected chi connectivity index (χ1v) is 13.3. The van der Waals surface area contributed by atoms with Gasteiger partial charge in [0.1, 0.15) is 5.69 Å². The summed E-state index contributed by atoms with van der Waals surface area (Å²) >= 11 is 0. The van der Waals surface area contributed by atoms with E-state index in [0.717, 1.165) is 5.56 Å². The normalized spacial score (nSPS) is 15.5. The van der Waals surface area contributed by atoms with Crippen LogP contribution in [0.5, 0.6) is 0 Å². The maximum absolute atomic E-state index is 13.1. The molecule has 0 aliphatic carbocycles. The lowest BCUT2D eigenvalue weighted by Gasteiger charge is -2.30. The first-order chi connectivity index (χ1) is 16.6. The zero-order valence-corrected chi connectivity index (χ0v) is 21.4. The molecule has 0 saturated carbocycles. The van der Waals surface area contributed by atoms with E-state index in [1.165, 1.54) is 8.99 Å². The summed E-state index contributed by atoms with van der Waals surface area (Å²) < 4.78 is 30.8. The van der Waals surface area contributed by atoms with Gasteiger partial charge in [-0.15, -0.1) is 0 Å². The topological polar surface area (TPSA) is 93.4 Å². The van der Waals surface area contributed by atoms with Crippen LogP contribution in [-0.4, -0.2) is 41.1 Å². The molecule has 8 nitrogen and oxygen atoms in total. The minimum Gasteiger partial charge on any atom is -0.320 e. The summed E-state index contributed by atoms with van der Waals surface area (Å²) in [6.07, 6.45) is 0.793. The SMILES string of the molecule is Cc1c(NC(=O)C2CCN(S(=O)(=O)c3ccc(C(C)C)cc3)CC2)c(=O)n(-c2ccccc2)n1C. The molecule has 1 aromatic heterocycles. The Morgan fingerprint density at radius 2 is 1.60 bits per heavy atom. The highest BCUT2D eigenvalue weighted by molar-refractivity contribution is 7.89. The van der Waals surface area contributed by atoms with Crippen LogP contribution in [0, 0.1) is 12.8 Å². The summed E-state index contributed by atoms with van der Waals surface area (Å²) in [6.45, 7) is 6.43. The highest BCUT2D eigenvalue weighted by Gasteiger charge is 2.33. The quantitative estimate of drug-likeness (QED) is 0.564. The average Bonchev–Trinajstić information content (AvgIpc) is 3.07. The third kappa shape index (κ3) is 4.83. The Labute approximate surface area is 206 Å². The molecule has 1 N–H and O–H groups in total. The number of hydrogen-bond donors (Lipinski definition) is 1. The average molecular weight is 497 g/mol. The first kappa shape index (κ1) is 24.9. The highest BCUT2D eigenvalue weighted by atomic mass is 32.2. The number of anilines is 1. The van der Waals surface area contributed by atoms with Crippen molar-refractivity contribution in [2.75, 3.05) is 18.4 Å². The maximum Gasteiger partial charge on any atom is 0.295 e. The van der Waals surface area contributed by atoms with Gasteiger partial charge in [0.05, 0.1) is 16.3 Å². The predicted octanol–water partition coefficient (Wildman–Crippen LogP) is 3.65. The van der Waals surface area contributed by atoms with Gasteiger partial charge in [-0.25, -0.2) is 13.1 Å². The molecule has 4 rings (SSSR count). The van der Waals surface area contributed by atoms with E-state index in [9.17, 15) is 18.0 Å². The van der Waals surface area contributed by atoms with Crippen LogP contribution in [-0.2, 0) is 21.9 Å². The molecule has 0 bridgehead atoms.